The molecular weight excluding hydrogens is 745 g/mol. The van der Waals surface area contributed by atoms with Crippen molar-refractivity contribution in [3.8, 4) is 5.19 Å². The minimum Gasteiger partial charge on any atom is -0.464 e. The molecule has 1 N–H and O–H groups in total. The van der Waals surface area contributed by atoms with E-state index in [1.165, 1.54) is 35.5 Å². The Labute approximate surface area is 334 Å². The number of nitrogens with zero attached hydrogens (tertiary/aromatic N) is 4. The molecule has 4 fully saturated rings. The minimum atomic E-state index is -2.47. The second-order valence-electron chi connectivity index (χ2n) is 16.6. The van der Waals surface area contributed by atoms with Crippen molar-refractivity contribution in [1.82, 2.24) is 25.2 Å². The number of aromatic nitrogens is 3. The Morgan fingerprint density at radius 2 is 1.54 bits per heavy atom. The molecule has 1 aliphatic heterocycles. The van der Waals surface area contributed by atoms with Gasteiger partial charge in [0, 0.05) is 71.1 Å². The lowest BCUT2D eigenvalue weighted by Gasteiger charge is -2.26. The zero-order valence-corrected chi connectivity index (χ0v) is 32.6. The van der Waals surface area contributed by atoms with E-state index in [0.717, 1.165) is 96.0 Å². The predicted octanol–water partition coefficient (Wildman–Crippen LogP) is 8.21. The number of nitrogens with one attached hydrogen (secondary N) is 1. The van der Waals surface area contributed by atoms with E-state index < -0.39 is 13.0 Å². The van der Waals surface area contributed by atoms with Crippen LogP contribution in [0.1, 0.15) is 76.2 Å². The highest BCUT2D eigenvalue weighted by Gasteiger charge is 2.56. The van der Waals surface area contributed by atoms with Crippen LogP contribution in [0.5, 0.6) is 5.19 Å². The molecule has 8 atom stereocenters. The van der Waals surface area contributed by atoms with Crippen LogP contribution in [0.4, 0.5) is 8.78 Å². The minimum absolute atomic E-state index is 0.0168. The van der Waals surface area contributed by atoms with Crippen LogP contribution >= 0.6 is 11.3 Å². The highest BCUT2D eigenvalue weighted by molar-refractivity contribution is 7.13. The highest BCUT2D eigenvalue weighted by Crippen LogP contribution is 2.62. The van der Waals surface area contributed by atoms with Crippen molar-refractivity contribution >= 4 is 51.1 Å². The molecule has 10 rings (SSSR count). The molecule has 5 aliphatic rings. The van der Waals surface area contributed by atoms with Gasteiger partial charge in [0.1, 0.15) is 6.29 Å². The molecule has 5 aromatic rings. The van der Waals surface area contributed by atoms with E-state index >= 15 is 0 Å². The van der Waals surface area contributed by atoms with Crippen molar-refractivity contribution in [1.29, 1.82) is 0 Å². The molecule has 4 unspecified atom stereocenters. The second-order valence-corrected chi connectivity index (χ2v) is 17.7. The van der Waals surface area contributed by atoms with E-state index in [2.05, 4.69) is 25.2 Å². The zero-order valence-electron chi connectivity index (χ0n) is 31.8. The average Bonchev–Trinajstić information content (AvgIpc) is 3.72. The van der Waals surface area contributed by atoms with Gasteiger partial charge in [-0.25, -0.2) is 13.8 Å². The third kappa shape index (κ3) is 8.21. The number of alkyl halides is 2. The van der Waals surface area contributed by atoms with Crippen LogP contribution < -0.4 is 10.1 Å². The van der Waals surface area contributed by atoms with E-state index in [9.17, 15) is 23.2 Å². The molecule has 2 aromatic carbocycles. The van der Waals surface area contributed by atoms with Crippen molar-refractivity contribution in [3.05, 3.63) is 94.8 Å². The fraction of sp³-hybridized carbons (Fsp3) is 0.467. The van der Waals surface area contributed by atoms with Crippen LogP contribution in [0.25, 0.3) is 21.8 Å². The molecule has 0 spiro atoms. The number of halogens is 2. The van der Waals surface area contributed by atoms with Gasteiger partial charge in [-0.05, 0) is 117 Å². The number of benzene rings is 2. The maximum Gasteiger partial charge on any atom is 0.273 e. The van der Waals surface area contributed by atoms with Crippen LogP contribution in [-0.2, 0) is 17.8 Å². The smallest absolute Gasteiger partial charge is 0.273 e. The standard InChI is InChI=1S/C27H29F2N3O2S.C18H18N2O2/c28-26(29)15-34-27-31-23-14-32(10-7-25(23)35-27)9-6-17-20-11-16(12-21(17)20)13-24(33)19-3-1-5-22-18(19)4-2-8-30-22;21-8-6-12-15-9-11(10-16(12)15)20-18(22)14-3-1-5-17-13(14)4-2-7-19-17/h1-5,8,16-17,20-21,26H,6-7,9-15H2;1-5,7-8,11-12,15-16H,6,9-10H2,(H,20,22)/t16?,17?,20-,21+;11?,12?,15-,16+. The van der Waals surface area contributed by atoms with Gasteiger partial charge in [-0.1, -0.05) is 41.7 Å². The third-order valence-electron chi connectivity index (χ3n) is 13.3. The summed E-state index contributed by atoms with van der Waals surface area (Å²) >= 11 is 1.41. The number of thiazole rings is 1. The van der Waals surface area contributed by atoms with Gasteiger partial charge in [0.05, 0.1) is 16.7 Å². The first-order valence-electron chi connectivity index (χ1n) is 20.4. The maximum atomic E-state index is 13.0. The molecule has 296 valence electrons. The van der Waals surface area contributed by atoms with E-state index in [1.807, 2.05) is 60.7 Å². The second kappa shape index (κ2) is 16.3. The van der Waals surface area contributed by atoms with Gasteiger partial charge >= 0.3 is 0 Å². The molecular formula is C45H47F2N5O4S. The molecule has 12 heteroatoms. The van der Waals surface area contributed by atoms with Gasteiger partial charge in [-0.3, -0.25) is 24.5 Å². The molecule has 4 saturated carbocycles. The Kier molecular flexibility index (Phi) is 10.8. The molecule has 4 aliphatic carbocycles. The topological polar surface area (TPSA) is 114 Å². The molecule has 4 heterocycles. The number of carbonyl (C=O) groups is 3. The summed E-state index contributed by atoms with van der Waals surface area (Å²) in [4.78, 5) is 52.9. The Morgan fingerprint density at radius 1 is 0.877 bits per heavy atom. The summed E-state index contributed by atoms with van der Waals surface area (Å²) in [6.07, 6.45) is 9.86. The molecule has 0 radical (unpaired) electrons. The molecule has 1 amide bonds. The van der Waals surface area contributed by atoms with Gasteiger partial charge in [-0.2, -0.15) is 0 Å². The van der Waals surface area contributed by atoms with Crippen molar-refractivity contribution in [2.45, 2.75) is 70.4 Å². The zero-order chi connectivity index (χ0) is 39.0. The van der Waals surface area contributed by atoms with Crippen molar-refractivity contribution in [2.24, 2.45) is 41.4 Å². The van der Waals surface area contributed by atoms with Gasteiger partial charge in [0.2, 0.25) is 0 Å². The van der Waals surface area contributed by atoms with E-state index in [0.29, 0.717) is 47.3 Å². The van der Waals surface area contributed by atoms with Crippen molar-refractivity contribution in [3.63, 3.8) is 0 Å². The lowest BCUT2D eigenvalue weighted by Crippen LogP contribution is -2.34. The number of rotatable bonds is 13. The quantitative estimate of drug-likeness (QED) is 0.0938. The normalized spacial score (nSPS) is 26.9. The summed E-state index contributed by atoms with van der Waals surface area (Å²) in [7, 11) is 0. The molecule has 0 saturated heterocycles. The van der Waals surface area contributed by atoms with Crippen molar-refractivity contribution in [2.75, 3.05) is 19.7 Å². The Hall–Kier alpha value is -4.68. The number of hydrogen-bond acceptors (Lipinski definition) is 9. The van der Waals surface area contributed by atoms with Gasteiger partial charge in [0.25, 0.3) is 17.5 Å². The van der Waals surface area contributed by atoms with Crippen LogP contribution in [0.2, 0.25) is 0 Å². The number of hydrogen-bond donors (Lipinski definition) is 1. The molecule has 57 heavy (non-hydrogen) atoms. The number of ether oxygens (including phenoxy) is 1. The first kappa shape index (κ1) is 37.9. The summed E-state index contributed by atoms with van der Waals surface area (Å²) in [6, 6.07) is 19.4. The number of carbonyl (C=O) groups excluding carboxylic acids is 3. The maximum absolute atomic E-state index is 13.0. The first-order chi connectivity index (χ1) is 27.8. The summed E-state index contributed by atoms with van der Waals surface area (Å²) in [5.74, 6) is 4.92. The fourth-order valence-corrected chi connectivity index (χ4v) is 11.4. The largest absolute Gasteiger partial charge is 0.464 e. The molecule has 3 aromatic heterocycles. The SMILES string of the molecule is O=C(CC1C[C@@H]2C(CCN3CCc4sc(OCC(F)F)nc4C3)[C@@H]2C1)c1cccc2ncccc12.O=CCC1[C@H]2CC(NC(=O)c3cccc4ncccc34)C[C@@H]12. The fourth-order valence-electron chi connectivity index (χ4n) is 10.5. The number of fused-ring (bicyclic) bond motifs is 5. The Balaban J connectivity index is 0.000000165. The van der Waals surface area contributed by atoms with Crippen molar-refractivity contribution < 1.29 is 27.9 Å². The summed E-state index contributed by atoms with van der Waals surface area (Å²) in [5, 5.41) is 5.38. The predicted molar refractivity (Wildman–Crippen MR) is 214 cm³/mol. The lowest BCUT2D eigenvalue weighted by atomic mass is 9.90. The summed E-state index contributed by atoms with van der Waals surface area (Å²) in [5.41, 5.74) is 4.21. The summed E-state index contributed by atoms with van der Waals surface area (Å²) in [6.45, 7) is 2.23. The number of pyridine rings is 2. The lowest BCUT2D eigenvalue weighted by molar-refractivity contribution is -0.108. The van der Waals surface area contributed by atoms with Gasteiger partial charge < -0.3 is 14.8 Å². The van der Waals surface area contributed by atoms with Gasteiger partial charge in [0.15, 0.2) is 12.4 Å². The molecule has 9 nitrogen and oxygen atoms in total. The van der Waals surface area contributed by atoms with E-state index in [1.54, 1.807) is 12.4 Å². The number of aldehydes is 1. The average molecular weight is 792 g/mol. The molecule has 0 bridgehead atoms. The monoisotopic (exact) mass is 791 g/mol. The van der Waals surface area contributed by atoms with E-state index in [4.69, 9.17) is 4.74 Å². The van der Waals surface area contributed by atoms with Crippen LogP contribution in [0.3, 0.4) is 0 Å². The van der Waals surface area contributed by atoms with E-state index in [-0.39, 0.29) is 17.7 Å². The number of Topliss-reactive ketones (excluding diaryl/α,β-unsaturated/α-hetero) is 1. The highest BCUT2D eigenvalue weighted by atomic mass is 32.1. The Bertz CT molecular complexity index is 2250. The first-order valence-corrected chi connectivity index (χ1v) is 21.2. The number of amides is 1. The third-order valence-corrected chi connectivity index (χ3v) is 14.3. The van der Waals surface area contributed by atoms with Crippen LogP contribution in [0.15, 0.2) is 73.1 Å². The van der Waals surface area contributed by atoms with Gasteiger partial charge in [-0.15, -0.1) is 0 Å². The number of ketones is 1. The van der Waals surface area contributed by atoms with Crippen LogP contribution in [-0.4, -0.2) is 70.0 Å². The van der Waals surface area contributed by atoms with Crippen LogP contribution in [0, 0.1) is 41.4 Å². The Morgan fingerprint density at radius 3 is 2.23 bits per heavy atom. The summed E-state index contributed by atoms with van der Waals surface area (Å²) < 4.78 is 29.9.